The molecule has 0 saturated heterocycles. The van der Waals surface area contributed by atoms with Crippen LogP contribution in [0.1, 0.15) is 162 Å². The molecule has 0 spiro atoms. The van der Waals surface area contributed by atoms with Crippen LogP contribution in [0.25, 0.3) is 0 Å². The van der Waals surface area contributed by atoms with E-state index in [1.165, 1.54) is 51.4 Å². The van der Waals surface area contributed by atoms with Crippen LogP contribution in [0.15, 0.2) is 97.2 Å². The fourth-order valence-corrected chi connectivity index (χ4v) is 5.12. The minimum Gasteiger partial charge on any atom is -0.457 e. The number of ether oxygens (including phenoxy) is 2. The molecule has 0 aliphatic rings. The van der Waals surface area contributed by atoms with E-state index in [9.17, 15) is 9.90 Å². The predicted octanol–water partition coefficient (Wildman–Crippen LogP) is 13.4. The molecule has 0 saturated carbocycles. The van der Waals surface area contributed by atoms with Gasteiger partial charge in [0.05, 0.1) is 13.2 Å². The van der Waals surface area contributed by atoms with E-state index in [1.807, 2.05) is 0 Å². The third kappa shape index (κ3) is 39.7. The van der Waals surface area contributed by atoms with E-state index in [0.717, 1.165) is 89.9 Å². The highest BCUT2D eigenvalue weighted by Gasteiger charge is 2.13. The lowest BCUT2D eigenvalue weighted by Gasteiger charge is -2.15. The maximum atomic E-state index is 12.2. The zero-order chi connectivity index (χ0) is 36.3. The zero-order valence-corrected chi connectivity index (χ0v) is 32.4. The highest BCUT2D eigenvalue weighted by atomic mass is 16.6. The Hall–Kier alpha value is -2.69. The van der Waals surface area contributed by atoms with Gasteiger partial charge in [-0.25, -0.2) is 0 Å². The Kier molecular flexibility index (Phi) is 40.2. The Bertz CT molecular complexity index is 949. The molecular weight excluding hydrogens is 617 g/mol. The first-order valence-corrected chi connectivity index (χ1v) is 20.3. The van der Waals surface area contributed by atoms with Gasteiger partial charge in [-0.05, 0) is 96.3 Å². The molecule has 4 nitrogen and oxygen atoms in total. The number of unbranched alkanes of at least 4 members (excludes halogenated alkanes) is 12. The average molecular weight is 693 g/mol. The summed E-state index contributed by atoms with van der Waals surface area (Å²) in [5.74, 6) is -0.230. The van der Waals surface area contributed by atoms with Gasteiger partial charge in [0.1, 0.15) is 6.10 Å². The van der Waals surface area contributed by atoms with Crippen molar-refractivity contribution in [3.63, 3.8) is 0 Å². The van der Waals surface area contributed by atoms with Crippen molar-refractivity contribution in [3.05, 3.63) is 97.2 Å². The number of hydrogen-bond donors (Lipinski definition) is 1. The van der Waals surface area contributed by atoms with Gasteiger partial charge < -0.3 is 14.6 Å². The summed E-state index contributed by atoms with van der Waals surface area (Å²) in [5, 5.41) is 9.57. The summed E-state index contributed by atoms with van der Waals surface area (Å²) < 4.78 is 11.1. The number of aliphatic hydroxyl groups is 1. The summed E-state index contributed by atoms with van der Waals surface area (Å²) in [6, 6.07) is 0. The smallest absolute Gasteiger partial charge is 0.306 e. The van der Waals surface area contributed by atoms with E-state index >= 15 is 0 Å². The number of rotatable bonds is 36. The van der Waals surface area contributed by atoms with Gasteiger partial charge in [0, 0.05) is 13.0 Å². The second kappa shape index (κ2) is 42.5. The van der Waals surface area contributed by atoms with Crippen molar-refractivity contribution in [1.82, 2.24) is 0 Å². The minimum atomic E-state index is -0.567. The first kappa shape index (κ1) is 47.3. The van der Waals surface area contributed by atoms with Crippen LogP contribution >= 0.6 is 0 Å². The summed E-state index contributed by atoms with van der Waals surface area (Å²) >= 11 is 0. The second-order valence-electron chi connectivity index (χ2n) is 13.0. The van der Waals surface area contributed by atoms with Crippen molar-refractivity contribution in [1.29, 1.82) is 0 Å². The van der Waals surface area contributed by atoms with Gasteiger partial charge in [0.25, 0.3) is 0 Å². The maximum absolute atomic E-state index is 12.2. The van der Waals surface area contributed by atoms with E-state index in [0.29, 0.717) is 13.0 Å². The summed E-state index contributed by atoms with van der Waals surface area (Å²) in [4.78, 5) is 12.2. The third-order valence-electron chi connectivity index (χ3n) is 8.14. The number of hydrogen-bond acceptors (Lipinski definition) is 4. The molecule has 1 N–H and O–H groups in total. The largest absolute Gasteiger partial charge is 0.457 e. The van der Waals surface area contributed by atoms with E-state index in [-0.39, 0.29) is 19.2 Å². The number of allylic oxidation sites excluding steroid dienone is 16. The Morgan fingerprint density at radius 2 is 0.900 bits per heavy atom. The molecule has 1 unspecified atom stereocenters. The van der Waals surface area contributed by atoms with Crippen LogP contribution in [-0.4, -0.2) is 37.0 Å². The van der Waals surface area contributed by atoms with Crippen LogP contribution in [0.4, 0.5) is 0 Å². The van der Waals surface area contributed by atoms with Crippen LogP contribution in [0.2, 0.25) is 0 Å². The lowest BCUT2D eigenvalue weighted by Crippen LogP contribution is -2.27. The molecular formula is C46H76O4. The molecule has 0 radical (unpaired) electrons. The van der Waals surface area contributed by atoms with Crippen LogP contribution in [0.3, 0.4) is 0 Å². The molecule has 0 amide bonds. The van der Waals surface area contributed by atoms with Gasteiger partial charge in [0.15, 0.2) is 0 Å². The summed E-state index contributed by atoms with van der Waals surface area (Å²) in [5.41, 5.74) is 0. The molecule has 1 atom stereocenters. The van der Waals surface area contributed by atoms with Gasteiger partial charge in [-0.3, -0.25) is 4.79 Å². The van der Waals surface area contributed by atoms with Crippen molar-refractivity contribution in [2.45, 2.75) is 168 Å². The van der Waals surface area contributed by atoms with Crippen molar-refractivity contribution < 1.29 is 19.4 Å². The van der Waals surface area contributed by atoms with Crippen LogP contribution < -0.4 is 0 Å². The van der Waals surface area contributed by atoms with Gasteiger partial charge in [-0.2, -0.15) is 0 Å². The molecule has 0 rings (SSSR count). The number of carbonyl (C=O) groups excluding carboxylic acids is 1. The zero-order valence-electron chi connectivity index (χ0n) is 32.4. The average Bonchev–Trinajstić information content (AvgIpc) is 3.12. The normalized spacial score (nSPS) is 13.4. The molecule has 0 aromatic carbocycles. The molecule has 4 heteroatoms. The first-order valence-electron chi connectivity index (χ1n) is 20.3. The van der Waals surface area contributed by atoms with Gasteiger partial charge >= 0.3 is 5.97 Å². The quantitative estimate of drug-likeness (QED) is 0.0403. The first-order chi connectivity index (χ1) is 24.7. The molecule has 0 aliphatic heterocycles. The SMILES string of the molecule is CC/C=C\C/C=C\C/C=C\C/C=C\C/C=C\C/C=C\C/C=C\CCCCOCC(CO)OC(=O)CCCCCCC/C=C\CCCCCCC. The van der Waals surface area contributed by atoms with E-state index in [2.05, 4.69) is 111 Å². The standard InChI is InChI=1S/C46H76O4/c1-3-5-7-9-11-13-15-17-19-20-21-22-23-24-25-26-27-28-30-32-34-36-38-40-42-49-44-45(43-47)50-46(48)41-39-37-35-33-31-29-18-16-14-12-10-8-6-4-2/h5,7,11,13,16-19,21-22,24-25,27-28,32,34,45,47H,3-4,6,8-10,12,14-15,20,23,26,29-31,33,35-44H2,1-2H3/b7-5-,13-11-,18-16-,19-17-,22-21-,25-24-,28-27-,34-32-. The molecule has 0 aromatic rings. The predicted molar refractivity (Wildman–Crippen MR) is 218 cm³/mol. The minimum absolute atomic E-state index is 0.199. The molecule has 0 aromatic heterocycles. The van der Waals surface area contributed by atoms with Gasteiger partial charge in [0.2, 0.25) is 0 Å². The van der Waals surface area contributed by atoms with Crippen molar-refractivity contribution in [2.75, 3.05) is 19.8 Å². The number of aliphatic hydroxyl groups excluding tert-OH is 1. The number of esters is 1. The van der Waals surface area contributed by atoms with Crippen LogP contribution in [-0.2, 0) is 14.3 Å². The van der Waals surface area contributed by atoms with E-state index in [1.54, 1.807) is 0 Å². The van der Waals surface area contributed by atoms with E-state index in [4.69, 9.17) is 9.47 Å². The van der Waals surface area contributed by atoms with Crippen LogP contribution in [0.5, 0.6) is 0 Å². The summed E-state index contributed by atoms with van der Waals surface area (Å²) in [7, 11) is 0. The van der Waals surface area contributed by atoms with E-state index < -0.39 is 6.10 Å². The summed E-state index contributed by atoms with van der Waals surface area (Å²) in [6.45, 7) is 5.09. The van der Waals surface area contributed by atoms with Crippen molar-refractivity contribution in [3.8, 4) is 0 Å². The third-order valence-corrected chi connectivity index (χ3v) is 8.14. The van der Waals surface area contributed by atoms with Gasteiger partial charge in [-0.1, -0.05) is 156 Å². The molecule has 284 valence electrons. The van der Waals surface area contributed by atoms with Gasteiger partial charge in [-0.15, -0.1) is 0 Å². The molecule has 0 bridgehead atoms. The highest BCUT2D eigenvalue weighted by Crippen LogP contribution is 2.11. The summed E-state index contributed by atoms with van der Waals surface area (Å²) in [6.07, 6.45) is 60.3. The van der Waals surface area contributed by atoms with Crippen molar-refractivity contribution >= 4 is 5.97 Å². The maximum Gasteiger partial charge on any atom is 0.306 e. The Balaban J connectivity index is 3.61. The second-order valence-corrected chi connectivity index (χ2v) is 13.0. The number of carbonyl (C=O) groups is 1. The molecule has 0 heterocycles. The highest BCUT2D eigenvalue weighted by molar-refractivity contribution is 5.69. The fraction of sp³-hybridized carbons (Fsp3) is 0.630. The Morgan fingerprint density at radius 1 is 0.500 bits per heavy atom. The molecule has 50 heavy (non-hydrogen) atoms. The topological polar surface area (TPSA) is 55.8 Å². The van der Waals surface area contributed by atoms with Crippen molar-refractivity contribution in [2.24, 2.45) is 0 Å². The fourth-order valence-electron chi connectivity index (χ4n) is 5.12. The Morgan fingerprint density at radius 3 is 1.38 bits per heavy atom. The lowest BCUT2D eigenvalue weighted by molar-refractivity contribution is -0.154. The van der Waals surface area contributed by atoms with Crippen LogP contribution in [0, 0.1) is 0 Å². The lowest BCUT2D eigenvalue weighted by atomic mass is 10.1. The molecule has 0 aliphatic carbocycles. The molecule has 0 fully saturated rings. The monoisotopic (exact) mass is 693 g/mol. The Labute approximate surface area is 309 Å².